The molecule has 0 radical (unpaired) electrons. The van der Waals surface area contributed by atoms with Crippen LogP contribution in [0.25, 0.3) is 0 Å². The van der Waals surface area contributed by atoms with Crippen LogP contribution in [0.1, 0.15) is 10.4 Å². The maximum absolute atomic E-state index is 12.3. The second-order valence-corrected chi connectivity index (χ2v) is 6.35. The molecule has 0 fully saturated rings. The van der Waals surface area contributed by atoms with Crippen LogP contribution in [0.5, 0.6) is 11.5 Å². The van der Waals surface area contributed by atoms with Crippen LogP contribution < -0.4 is 14.4 Å². The van der Waals surface area contributed by atoms with Gasteiger partial charge in [-0.1, -0.05) is 23.7 Å². The largest absolute Gasteiger partial charge is 0.497 e. The second kappa shape index (κ2) is 7.76. The summed E-state index contributed by atoms with van der Waals surface area (Å²) in [6.45, 7) is 1.24. The smallest absolute Gasteiger partial charge is 0.300 e. The zero-order valence-electron chi connectivity index (χ0n) is 14.6. The van der Waals surface area contributed by atoms with Gasteiger partial charge < -0.3 is 9.47 Å². The molecule has 1 aliphatic heterocycles. The molecule has 0 saturated heterocycles. The topological polar surface area (TPSA) is 59.1 Å². The Morgan fingerprint density at radius 1 is 1.15 bits per heavy atom. The number of halogens is 1. The molecule has 0 saturated carbocycles. The number of benzene rings is 2. The Kier molecular flexibility index (Phi) is 5.44. The summed E-state index contributed by atoms with van der Waals surface area (Å²) in [6, 6.07) is 12.2. The van der Waals surface area contributed by atoms with Crippen LogP contribution in [0.3, 0.4) is 0 Å². The first kappa shape index (κ1) is 18.2. The molecule has 0 aromatic heterocycles. The normalized spacial score (nSPS) is 13.3. The van der Waals surface area contributed by atoms with Crippen molar-refractivity contribution < 1.29 is 19.1 Å². The average Bonchev–Trinajstić information content (AvgIpc) is 2.87. The summed E-state index contributed by atoms with van der Waals surface area (Å²) in [5.74, 6) is 0.182. The number of amides is 1. The number of ketones is 1. The molecule has 2 aromatic carbocycles. The Morgan fingerprint density at radius 2 is 1.92 bits per heavy atom. The molecule has 136 valence electrons. The molecular weight excluding hydrogens is 356 g/mol. The van der Waals surface area contributed by atoms with Crippen molar-refractivity contribution in [3.05, 3.63) is 53.1 Å². The Balaban J connectivity index is 1.62. The van der Waals surface area contributed by atoms with E-state index in [0.717, 1.165) is 0 Å². The van der Waals surface area contributed by atoms with Gasteiger partial charge in [-0.15, -0.1) is 0 Å². The number of Topliss-reactive ketones (excluding diaryl/α,β-unsaturated/α-hetero) is 1. The van der Waals surface area contributed by atoms with Crippen molar-refractivity contribution in [2.45, 2.75) is 0 Å². The van der Waals surface area contributed by atoms with Crippen molar-refractivity contribution >= 4 is 29.0 Å². The van der Waals surface area contributed by atoms with Gasteiger partial charge in [0.1, 0.15) is 18.1 Å². The fourth-order valence-corrected chi connectivity index (χ4v) is 2.92. The van der Waals surface area contributed by atoms with Gasteiger partial charge in [0, 0.05) is 12.6 Å². The Morgan fingerprint density at radius 3 is 2.65 bits per heavy atom. The lowest BCUT2D eigenvalue weighted by atomic mass is 10.1. The quantitative estimate of drug-likeness (QED) is 0.697. The minimum Gasteiger partial charge on any atom is -0.497 e. The third-order valence-corrected chi connectivity index (χ3v) is 4.44. The summed E-state index contributed by atoms with van der Waals surface area (Å²) in [4.78, 5) is 27.8. The fourth-order valence-electron chi connectivity index (χ4n) is 2.73. The molecule has 6 nitrogen and oxygen atoms in total. The lowest BCUT2D eigenvalue weighted by molar-refractivity contribution is -0.114. The number of ether oxygens (including phenoxy) is 2. The van der Waals surface area contributed by atoms with Crippen LogP contribution in [0.15, 0.2) is 42.5 Å². The first-order chi connectivity index (χ1) is 12.5. The highest BCUT2D eigenvalue weighted by atomic mass is 35.5. The van der Waals surface area contributed by atoms with Crippen molar-refractivity contribution in [3.63, 3.8) is 0 Å². The van der Waals surface area contributed by atoms with Crippen molar-refractivity contribution in [3.8, 4) is 11.5 Å². The van der Waals surface area contributed by atoms with E-state index < -0.39 is 11.7 Å². The zero-order chi connectivity index (χ0) is 18.7. The number of carbonyl (C=O) groups excluding carboxylic acids is 2. The Bertz CT molecular complexity index is 840. The van der Waals surface area contributed by atoms with Crippen LogP contribution in [-0.2, 0) is 4.79 Å². The SMILES string of the molecule is COc1ccc2c(c1)N(CN(C)CCOc1ccccc1Cl)C(=O)C2=O. The molecular formula is C19H19ClN2O4. The predicted molar refractivity (Wildman–Crippen MR) is 99.3 cm³/mol. The minimum atomic E-state index is -0.535. The van der Waals surface area contributed by atoms with Gasteiger partial charge in [0.25, 0.3) is 5.78 Å². The summed E-state index contributed by atoms with van der Waals surface area (Å²) in [5.41, 5.74) is 0.967. The highest BCUT2D eigenvalue weighted by Gasteiger charge is 2.36. The van der Waals surface area contributed by atoms with Crippen molar-refractivity contribution in [2.24, 2.45) is 0 Å². The lowest BCUT2D eigenvalue weighted by Crippen LogP contribution is -2.40. The van der Waals surface area contributed by atoms with Gasteiger partial charge in [0.05, 0.1) is 30.1 Å². The molecule has 0 N–H and O–H groups in total. The van der Waals surface area contributed by atoms with E-state index in [1.807, 2.05) is 24.1 Å². The van der Waals surface area contributed by atoms with E-state index in [-0.39, 0.29) is 6.67 Å². The van der Waals surface area contributed by atoms with Gasteiger partial charge in [0.15, 0.2) is 0 Å². The number of anilines is 1. The van der Waals surface area contributed by atoms with Gasteiger partial charge >= 0.3 is 5.91 Å². The molecule has 0 spiro atoms. The molecule has 0 unspecified atom stereocenters. The zero-order valence-corrected chi connectivity index (χ0v) is 15.3. The number of rotatable bonds is 7. The second-order valence-electron chi connectivity index (χ2n) is 5.95. The van der Waals surface area contributed by atoms with Crippen LogP contribution in [0, 0.1) is 0 Å². The monoisotopic (exact) mass is 374 g/mol. The van der Waals surface area contributed by atoms with Crippen LogP contribution in [0.2, 0.25) is 5.02 Å². The van der Waals surface area contributed by atoms with Gasteiger partial charge in [-0.2, -0.15) is 0 Å². The maximum atomic E-state index is 12.3. The Hall–Kier alpha value is -2.57. The van der Waals surface area contributed by atoms with E-state index in [4.69, 9.17) is 21.1 Å². The summed E-state index contributed by atoms with van der Waals surface area (Å²) in [5, 5.41) is 0.552. The van der Waals surface area contributed by atoms with Gasteiger partial charge in [-0.05, 0) is 31.3 Å². The number of fused-ring (bicyclic) bond motifs is 1. The number of methoxy groups -OCH3 is 1. The number of hydrogen-bond donors (Lipinski definition) is 0. The van der Waals surface area contributed by atoms with Crippen LogP contribution in [-0.4, -0.2) is 50.6 Å². The summed E-state index contributed by atoms with van der Waals surface area (Å²) < 4.78 is 10.9. The first-order valence-corrected chi connectivity index (χ1v) is 8.49. The molecule has 0 atom stereocenters. The standard InChI is InChI=1S/C19H19ClN2O4/c1-21(9-10-26-17-6-4-3-5-15(17)20)12-22-16-11-13(25-2)7-8-14(16)18(23)19(22)24/h3-8,11H,9-10,12H2,1-2H3. The molecule has 1 aliphatic rings. The number of carbonyl (C=O) groups is 2. The summed E-state index contributed by atoms with van der Waals surface area (Å²) in [7, 11) is 3.40. The molecule has 2 aromatic rings. The number of likely N-dealkylation sites (N-methyl/N-ethyl adjacent to an activating group) is 1. The molecule has 1 heterocycles. The first-order valence-electron chi connectivity index (χ1n) is 8.11. The van der Waals surface area contributed by atoms with E-state index in [1.165, 1.54) is 4.90 Å². The van der Waals surface area contributed by atoms with Crippen LogP contribution in [0.4, 0.5) is 5.69 Å². The molecule has 7 heteroatoms. The summed E-state index contributed by atoms with van der Waals surface area (Å²) >= 11 is 6.06. The average molecular weight is 375 g/mol. The highest BCUT2D eigenvalue weighted by Crippen LogP contribution is 2.32. The summed E-state index contributed by atoms with van der Waals surface area (Å²) in [6.07, 6.45) is 0. The molecule has 0 bridgehead atoms. The van der Waals surface area contributed by atoms with Gasteiger partial charge in [0.2, 0.25) is 0 Å². The van der Waals surface area contributed by atoms with E-state index in [9.17, 15) is 9.59 Å². The van der Waals surface area contributed by atoms with Crippen LogP contribution >= 0.6 is 11.6 Å². The molecule has 26 heavy (non-hydrogen) atoms. The Labute approximate surface area is 156 Å². The molecule has 3 rings (SSSR count). The number of hydrogen-bond acceptors (Lipinski definition) is 5. The van der Waals surface area contributed by atoms with Gasteiger partial charge in [-0.25, -0.2) is 0 Å². The van der Waals surface area contributed by atoms with E-state index >= 15 is 0 Å². The fraction of sp³-hybridized carbons (Fsp3) is 0.263. The van der Waals surface area contributed by atoms with E-state index in [0.29, 0.717) is 40.9 Å². The van der Waals surface area contributed by atoms with E-state index in [2.05, 4.69) is 0 Å². The third kappa shape index (κ3) is 3.66. The highest BCUT2D eigenvalue weighted by molar-refractivity contribution is 6.52. The maximum Gasteiger partial charge on any atom is 0.300 e. The number of para-hydroxylation sites is 1. The van der Waals surface area contributed by atoms with Gasteiger partial charge in [-0.3, -0.25) is 19.4 Å². The molecule has 1 amide bonds. The minimum absolute atomic E-state index is 0.274. The predicted octanol–water partition coefficient (Wildman–Crippen LogP) is 2.85. The molecule has 0 aliphatic carbocycles. The van der Waals surface area contributed by atoms with E-state index in [1.54, 1.807) is 37.4 Å². The van der Waals surface area contributed by atoms with Crippen molar-refractivity contribution in [2.75, 3.05) is 38.9 Å². The third-order valence-electron chi connectivity index (χ3n) is 4.13. The lowest BCUT2D eigenvalue weighted by Gasteiger charge is -2.24. The van der Waals surface area contributed by atoms with Crippen molar-refractivity contribution in [1.29, 1.82) is 0 Å². The number of nitrogens with zero attached hydrogens (tertiary/aromatic N) is 2. The van der Waals surface area contributed by atoms with Crippen molar-refractivity contribution in [1.82, 2.24) is 4.90 Å².